The van der Waals surface area contributed by atoms with Gasteiger partial charge in [0.2, 0.25) is 0 Å². The second kappa shape index (κ2) is 13.5. The van der Waals surface area contributed by atoms with Gasteiger partial charge < -0.3 is 14.2 Å². The summed E-state index contributed by atoms with van der Waals surface area (Å²) >= 11 is 1.27. The summed E-state index contributed by atoms with van der Waals surface area (Å²) in [6.07, 6.45) is 5.47. The van der Waals surface area contributed by atoms with E-state index in [0.717, 1.165) is 33.7 Å². The number of ether oxygens (including phenoxy) is 3. The van der Waals surface area contributed by atoms with E-state index in [2.05, 4.69) is 6.58 Å². The molecular weight excluding hydrogens is 612 g/mol. The van der Waals surface area contributed by atoms with Crippen LogP contribution in [0.25, 0.3) is 23.0 Å². The largest absolute Gasteiger partial charge is 0.497 e. The van der Waals surface area contributed by atoms with Crippen LogP contribution >= 0.6 is 11.3 Å². The number of carbonyl (C=O) groups is 1. The lowest BCUT2D eigenvalue weighted by atomic mass is 9.96. The van der Waals surface area contributed by atoms with Gasteiger partial charge in [-0.05, 0) is 80.4 Å². The molecule has 0 fully saturated rings. The first-order valence-corrected chi connectivity index (χ1v) is 16.0. The Bertz CT molecular complexity index is 2180. The first-order chi connectivity index (χ1) is 22.8. The minimum atomic E-state index is -0.726. The Balaban J connectivity index is 1.53. The van der Waals surface area contributed by atoms with Gasteiger partial charge in [0.25, 0.3) is 5.56 Å². The van der Waals surface area contributed by atoms with Gasteiger partial charge in [0.15, 0.2) is 4.80 Å². The molecule has 1 aliphatic heterocycles. The summed E-state index contributed by atoms with van der Waals surface area (Å²) in [5, 5.41) is 4.96. The van der Waals surface area contributed by atoms with Crippen LogP contribution in [0.1, 0.15) is 36.6 Å². The van der Waals surface area contributed by atoms with Crippen molar-refractivity contribution >= 4 is 23.4 Å². The second-order valence-corrected chi connectivity index (χ2v) is 11.9. The number of esters is 1. The zero-order valence-corrected chi connectivity index (χ0v) is 27.4. The molecule has 0 aliphatic carbocycles. The van der Waals surface area contributed by atoms with Crippen molar-refractivity contribution in [2.24, 2.45) is 4.99 Å². The number of fused-ring (bicyclic) bond motifs is 1. The highest BCUT2D eigenvalue weighted by atomic mass is 32.1. The number of hydrogen-bond acceptors (Lipinski definition) is 8. The summed E-state index contributed by atoms with van der Waals surface area (Å²) < 4.78 is 20.4. The third kappa shape index (κ3) is 6.19. The minimum absolute atomic E-state index is 0.199. The summed E-state index contributed by atoms with van der Waals surface area (Å²) in [4.78, 5) is 32.8. The van der Waals surface area contributed by atoms with Crippen LogP contribution in [-0.2, 0) is 9.53 Å². The molecular formula is C37H34N4O5S. The Morgan fingerprint density at radius 2 is 1.83 bits per heavy atom. The van der Waals surface area contributed by atoms with Gasteiger partial charge in [-0.15, -0.1) is 0 Å². The van der Waals surface area contributed by atoms with Crippen LogP contribution in [0.4, 0.5) is 0 Å². The fraction of sp³-hybridized carbons (Fsp3) is 0.189. The van der Waals surface area contributed by atoms with Gasteiger partial charge in [-0.1, -0.05) is 54.3 Å². The van der Waals surface area contributed by atoms with E-state index in [1.54, 1.807) is 36.3 Å². The number of nitrogens with zero attached hydrogens (tertiary/aromatic N) is 4. The minimum Gasteiger partial charge on any atom is -0.497 e. The third-order valence-electron chi connectivity index (χ3n) is 7.80. The van der Waals surface area contributed by atoms with Crippen molar-refractivity contribution in [1.82, 2.24) is 14.3 Å². The third-order valence-corrected chi connectivity index (χ3v) is 8.79. The molecule has 0 unspecified atom stereocenters. The quantitative estimate of drug-likeness (QED) is 0.146. The van der Waals surface area contributed by atoms with Gasteiger partial charge in [-0.2, -0.15) is 5.10 Å². The van der Waals surface area contributed by atoms with Crippen LogP contribution in [0, 0.1) is 6.92 Å². The van der Waals surface area contributed by atoms with Crippen molar-refractivity contribution in [3.8, 4) is 28.4 Å². The molecule has 0 radical (unpaired) electrons. The van der Waals surface area contributed by atoms with Crippen LogP contribution in [0.5, 0.6) is 11.5 Å². The van der Waals surface area contributed by atoms with E-state index in [1.807, 2.05) is 92.0 Å². The van der Waals surface area contributed by atoms with Gasteiger partial charge in [0.1, 0.15) is 23.8 Å². The van der Waals surface area contributed by atoms with Gasteiger partial charge in [-0.25, -0.2) is 14.5 Å². The fourth-order valence-corrected chi connectivity index (χ4v) is 6.61. The van der Waals surface area contributed by atoms with E-state index in [9.17, 15) is 9.59 Å². The Hall–Kier alpha value is -5.48. The molecule has 3 aromatic carbocycles. The van der Waals surface area contributed by atoms with Gasteiger partial charge in [0, 0.05) is 17.3 Å². The zero-order chi connectivity index (χ0) is 33.1. The maximum absolute atomic E-state index is 14.3. The number of hydrogen-bond donors (Lipinski definition) is 0. The lowest BCUT2D eigenvalue weighted by Gasteiger charge is -2.24. The van der Waals surface area contributed by atoms with Crippen LogP contribution in [0.3, 0.4) is 0 Å². The first kappa shape index (κ1) is 31.5. The van der Waals surface area contributed by atoms with Gasteiger partial charge in [-0.3, -0.25) is 9.36 Å². The van der Waals surface area contributed by atoms with E-state index < -0.39 is 12.0 Å². The molecule has 47 heavy (non-hydrogen) atoms. The molecule has 6 rings (SSSR count). The van der Waals surface area contributed by atoms with Crippen LogP contribution in [0.2, 0.25) is 0 Å². The number of aromatic nitrogens is 3. The van der Waals surface area contributed by atoms with Crippen molar-refractivity contribution in [2.45, 2.75) is 26.8 Å². The molecule has 0 N–H and O–H groups in total. The summed E-state index contributed by atoms with van der Waals surface area (Å²) in [5.74, 6) is 0.918. The predicted octanol–water partition coefficient (Wildman–Crippen LogP) is 5.53. The lowest BCUT2D eigenvalue weighted by Crippen LogP contribution is -2.39. The maximum Gasteiger partial charge on any atom is 0.338 e. The zero-order valence-electron chi connectivity index (χ0n) is 26.6. The number of allylic oxidation sites excluding steroid dienone is 1. The average Bonchev–Trinajstić information content (AvgIpc) is 3.64. The van der Waals surface area contributed by atoms with Crippen molar-refractivity contribution in [3.63, 3.8) is 0 Å². The lowest BCUT2D eigenvalue weighted by molar-refractivity contribution is -0.139. The molecule has 1 aliphatic rings. The monoisotopic (exact) mass is 646 g/mol. The molecule has 0 bridgehead atoms. The predicted molar refractivity (Wildman–Crippen MR) is 183 cm³/mol. The van der Waals surface area contributed by atoms with Crippen LogP contribution in [0.15, 0.2) is 113 Å². The summed E-state index contributed by atoms with van der Waals surface area (Å²) in [6.45, 7) is 9.84. The van der Waals surface area contributed by atoms with Gasteiger partial charge in [0.05, 0.1) is 41.2 Å². The van der Waals surface area contributed by atoms with E-state index in [1.165, 1.54) is 11.3 Å². The highest BCUT2D eigenvalue weighted by molar-refractivity contribution is 7.07. The molecule has 0 amide bonds. The molecule has 5 aromatic rings. The Morgan fingerprint density at radius 1 is 1.06 bits per heavy atom. The Morgan fingerprint density at radius 3 is 2.51 bits per heavy atom. The highest BCUT2D eigenvalue weighted by Gasteiger charge is 2.33. The molecule has 2 aromatic heterocycles. The van der Waals surface area contributed by atoms with Crippen molar-refractivity contribution in [3.05, 3.63) is 139 Å². The Labute approximate surface area is 276 Å². The van der Waals surface area contributed by atoms with Crippen molar-refractivity contribution in [1.29, 1.82) is 0 Å². The number of thiazole rings is 1. The molecule has 238 valence electrons. The fourth-order valence-electron chi connectivity index (χ4n) is 5.57. The number of rotatable bonds is 10. The SMILES string of the molecule is C=CCOc1ccc(-c2nn(-c3ccccc3)cc2/C=c2/sc3n(c2=O)[C@H](c2ccc(OC)cc2)C(C(=O)OCC)=C(C)N=3)cc1C. The number of methoxy groups -OCH3 is 1. The van der Waals surface area contributed by atoms with E-state index in [0.29, 0.717) is 38.7 Å². The van der Waals surface area contributed by atoms with Crippen molar-refractivity contribution in [2.75, 3.05) is 20.3 Å². The molecule has 9 nitrogen and oxygen atoms in total. The van der Waals surface area contributed by atoms with Crippen LogP contribution in [-0.4, -0.2) is 40.6 Å². The molecule has 0 saturated heterocycles. The van der Waals surface area contributed by atoms with E-state index in [4.69, 9.17) is 24.3 Å². The molecule has 0 spiro atoms. The summed E-state index contributed by atoms with van der Waals surface area (Å²) in [5.41, 5.74) is 5.45. The standard InChI is InChI=1S/C37H34N4O5S/c1-6-19-46-30-18-15-26(20-23(30)3)33-27(22-40(39-33)28-11-9-8-10-12-28)21-31-35(42)41-34(25-13-16-29(44-5)17-14-25)32(36(43)45-7-2)24(4)38-37(41)47-31/h6,8-18,20-22,34H,1,7,19H2,2-5H3/b31-21+/t34-/m1/s1. The van der Waals surface area contributed by atoms with Gasteiger partial charge >= 0.3 is 5.97 Å². The molecule has 0 saturated carbocycles. The van der Waals surface area contributed by atoms with Crippen molar-refractivity contribution < 1.29 is 19.0 Å². The van der Waals surface area contributed by atoms with E-state index in [-0.39, 0.29) is 12.2 Å². The normalized spacial score (nSPS) is 14.4. The first-order valence-electron chi connectivity index (χ1n) is 15.2. The number of aryl methyl sites for hydroxylation is 1. The summed E-state index contributed by atoms with van der Waals surface area (Å²) in [6, 6.07) is 22.3. The average molecular weight is 647 g/mol. The molecule has 3 heterocycles. The highest BCUT2D eigenvalue weighted by Crippen LogP contribution is 2.32. The number of para-hydroxylation sites is 1. The van der Waals surface area contributed by atoms with E-state index >= 15 is 0 Å². The second-order valence-electron chi connectivity index (χ2n) is 10.9. The molecule has 10 heteroatoms. The topological polar surface area (TPSA) is 96.9 Å². The number of benzene rings is 3. The maximum atomic E-state index is 14.3. The van der Waals surface area contributed by atoms with Crippen LogP contribution < -0.4 is 24.4 Å². The Kier molecular flexibility index (Phi) is 9.03. The smallest absolute Gasteiger partial charge is 0.338 e. The summed E-state index contributed by atoms with van der Waals surface area (Å²) in [7, 11) is 1.59. The number of carbonyl (C=O) groups excluding carboxylic acids is 1. The molecule has 1 atom stereocenters.